The Bertz CT molecular complexity index is 4110. The smallest absolute Gasteiger partial charge is 0.333 e. The van der Waals surface area contributed by atoms with Crippen molar-refractivity contribution in [3.05, 3.63) is 161 Å². The number of anilines is 2. The molecule has 0 unspecified atom stereocenters. The zero-order valence-electron chi connectivity index (χ0n) is 40.4. The SMILES string of the molecule is CC(C)(C)c1ccc(N2B3c4cc5sc6ccccc6c5cc4-n4c5cc6c(cc5c5c7c(c(c3c54)-c3cc4oc5ccccc5c4cc32)C(C)(C)c2ccccc2-7)C(C)(C)CCC6(C)C)cc1. The second kappa shape index (κ2) is 12.6. The van der Waals surface area contributed by atoms with Crippen molar-refractivity contribution in [1.82, 2.24) is 4.57 Å². The van der Waals surface area contributed by atoms with Gasteiger partial charge in [0.2, 0.25) is 0 Å². The summed E-state index contributed by atoms with van der Waals surface area (Å²) in [5.41, 5.74) is 23.4. The molecule has 0 spiro atoms. The molecule has 11 aromatic rings. The highest BCUT2D eigenvalue weighted by atomic mass is 32.1. The van der Waals surface area contributed by atoms with Crippen molar-refractivity contribution in [3.8, 4) is 27.9 Å². The number of para-hydroxylation sites is 1. The lowest BCUT2D eigenvalue weighted by Crippen LogP contribution is -2.61. The minimum Gasteiger partial charge on any atom is -0.456 e. The maximum Gasteiger partial charge on any atom is 0.333 e. The van der Waals surface area contributed by atoms with Gasteiger partial charge in [-0.25, -0.2) is 0 Å². The van der Waals surface area contributed by atoms with Gasteiger partial charge in [-0.3, -0.25) is 0 Å². The molecule has 15 rings (SSSR count). The largest absolute Gasteiger partial charge is 0.456 e. The first-order valence-corrected chi connectivity index (χ1v) is 25.6. The molecular weight excluding hydrogens is 844 g/mol. The van der Waals surface area contributed by atoms with Gasteiger partial charge in [0, 0.05) is 69.8 Å². The first-order chi connectivity index (χ1) is 32.6. The van der Waals surface area contributed by atoms with Gasteiger partial charge in [-0.2, -0.15) is 0 Å². The van der Waals surface area contributed by atoms with Crippen LogP contribution in [0.3, 0.4) is 0 Å². The van der Waals surface area contributed by atoms with Crippen LogP contribution < -0.4 is 15.7 Å². The average molecular weight is 897 g/mol. The number of aromatic nitrogens is 1. The van der Waals surface area contributed by atoms with Crippen molar-refractivity contribution < 1.29 is 4.42 Å². The molecule has 3 nitrogen and oxygen atoms in total. The summed E-state index contributed by atoms with van der Waals surface area (Å²) in [7, 11) is 0. The molecule has 0 N–H and O–H groups in total. The first-order valence-electron chi connectivity index (χ1n) is 24.7. The monoisotopic (exact) mass is 896 g/mol. The molecular formula is C63H53BN2OS. The van der Waals surface area contributed by atoms with Crippen molar-refractivity contribution in [1.29, 1.82) is 0 Å². The molecule has 0 saturated heterocycles. The van der Waals surface area contributed by atoms with Crippen LogP contribution in [0.25, 0.3) is 91.9 Å². The van der Waals surface area contributed by atoms with E-state index in [1.807, 2.05) is 11.3 Å². The molecule has 0 amide bonds. The molecule has 0 saturated carbocycles. The topological polar surface area (TPSA) is 21.3 Å². The second-order valence-electron chi connectivity index (χ2n) is 23.5. The number of furan rings is 1. The van der Waals surface area contributed by atoms with Gasteiger partial charge in [0.05, 0.1) is 11.0 Å². The van der Waals surface area contributed by atoms with Crippen LogP contribution in [0.15, 0.2) is 138 Å². The van der Waals surface area contributed by atoms with Crippen LogP contribution in [-0.4, -0.2) is 11.4 Å². The summed E-state index contributed by atoms with van der Waals surface area (Å²) in [6.45, 7) is 21.7. The standard InChI is InChI=1S/C63H53BN2OS/c1-60(2,3)34-22-24-35(25-23-34)66-48-29-39-36-16-11-14-20-50(36)67-51(39)31-42(48)56-57-54(38-18-10-13-19-43(38)63(57,8)9)55-41-28-44-45(62(6,7)27-26-61(44,4)5)32-47(41)65-49-30-40-37-17-12-15-21-52(37)68-53(40)33-46(49)64(66)58(56)59(55)65/h10-25,28-33H,26-27H2,1-9H3. The predicted molar refractivity (Wildman–Crippen MR) is 292 cm³/mol. The van der Waals surface area contributed by atoms with Crippen molar-refractivity contribution >= 4 is 104 Å². The van der Waals surface area contributed by atoms with Gasteiger partial charge in [0.15, 0.2) is 0 Å². The van der Waals surface area contributed by atoms with E-state index in [0.717, 1.165) is 21.9 Å². The summed E-state index contributed by atoms with van der Waals surface area (Å²) in [6, 6.07) is 51.9. The predicted octanol–water partition coefficient (Wildman–Crippen LogP) is 16.2. The van der Waals surface area contributed by atoms with E-state index in [0.29, 0.717) is 0 Å². The highest BCUT2D eigenvalue weighted by molar-refractivity contribution is 7.26. The molecule has 0 bridgehead atoms. The molecule has 0 atom stereocenters. The van der Waals surface area contributed by atoms with Gasteiger partial charge in [0.1, 0.15) is 11.2 Å². The first kappa shape index (κ1) is 39.4. The van der Waals surface area contributed by atoms with E-state index in [1.165, 1.54) is 133 Å². The van der Waals surface area contributed by atoms with Crippen molar-refractivity contribution in [2.75, 3.05) is 4.81 Å². The Hall–Kier alpha value is -6.56. The number of benzene rings is 8. The molecule has 0 fully saturated rings. The summed E-state index contributed by atoms with van der Waals surface area (Å²) < 4.78 is 12.3. The third kappa shape index (κ3) is 4.81. The molecule has 4 aliphatic rings. The molecule has 2 aliphatic carbocycles. The van der Waals surface area contributed by atoms with Crippen LogP contribution in [0.1, 0.15) is 103 Å². The van der Waals surface area contributed by atoms with E-state index in [2.05, 4.69) is 205 Å². The second-order valence-corrected chi connectivity index (χ2v) is 24.6. The summed E-state index contributed by atoms with van der Waals surface area (Å²) in [6.07, 6.45) is 2.34. The fourth-order valence-corrected chi connectivity index (χ4v) is 14.9. The normalized spacial score (nSPS) is 17.1. The minimum absolute atomic E-state index is 0.0214. The van der Waals surface area contributed by atoms with Crippen LogP contribution in [0.5, 0.6) is 0 Å². The Kier molecular flexibility index (Phi) is 7.28. The highest BCUT2D eigenvalue weighted by Gasteiger charge is 2.51. The number of hydrogen-bond acceptors (Lipinski definition) is 3. The summed E-state index contributed by atoms with van der Waals surface area (Å²) >= 11 is 1.93. The van der Waals surface area contributed by atoms with E-state index < -0.39 is 0 Å². The minimum atomic E-state index is -0.285. The Labute approximate surface area is 402 Å². The molecule has 68 heavy (non-hydrogen) atoms. The zero-order valence-corrected chi connectivity index (χ0v) is 41.2. The van der Waals surface area contributed by atoms with Crippen LogP contribution in [0, 0.1) is 0 Å². The van der Waals surface area contributed by atoms with Gasteiger partial charge in [-0.05, 0) is 145 Å². The molecule has 2 aliphatic heterocycles. The average Bonchev–Trinajstić information content (AvgIpc) is 4.04. The molecule has 5 heteroatoms. The number of rotatable bonds is 1. The van der Waals surface area contributed by atoms with Crippen LogP contribution in [0.2, 0.25) is 0 Å². The zero-order chi connectivity index (χ0) is 46.1. The van der Waals surface area contributed by atoms with Gasteiger partial charge in [-0.1, -0.05) is 135 Å². The van der Waals surface area contributed by atoms with Gasteiger partial charge in [-0.15, -0.1) is 11.3 Å². The van der Waals surface area contributed by atoms with E-state index in [4.69, 9.17) is 4.42 Å². The molecule has 330 valence electrons. The van der Waals surface area contributed by atoms with Crippen LogP contribution >= 0.6 is 11.3 Å². The van der Waals surface area contributed by atoms with Crippen LogP contribution in [-0.2, 0) is 21.7 Å². The van der Waals surface area contributed by atoms with Crippen molar-refractivity contribution in [2.45, 2.75) is 96.8 Å². The summed E-state index contributed by atoms with van der Waals surface area (Å²) in [5, 5.41) is 7.74. The number of fused-ring (bicyclic) bond motifs is 20. The van der Waals surface area contributed by atoms with Gasteiger partial charge in [0.25, 0.3) is 0 Å². The molecule has 3 aromatic heterocycles. The Balaban J connectivity index is 1.21. The summed E-state index contributed by atoms with van der Waals surface area (Å²) in [5.74, 6) is 0. The Morgan fingerprint density at radius 2 is 1.26 bits per heavy atom. The van der Waals surface area contributed by atoms with Crippen molar-refractivity contribution in [2.24, 2.45) is 0 Å². The van der Waals surface area contributed by atoms with Crippen LogP contribution in [0.4, 0.5) is 11.4 Å². The number of hydrogen-bond donors (Lipinski definition) is 0. The quantitative estimate of drug-likeness (QED) is 0.153. The maximum absolute atomic E-state index is 6.87. The maximum atomic E-state index is 6.87. The molecule has 8 aromatic carbocycles. The Morgan fingerprint density at radius 3 is 2.04 bits per heavy atom. The van der Waals surface area contributed by atoms with E-state index >= 15 is 0 Å². The van der Waals surface area contributed by atoms with Gasteiger partial charge < -0.3 is 13.8 Å². The highest BCUT2D eigenvalue weighted by Crippen LogP contribution is 2.60. The lowest BCUT2D eigenvalue weighted by atomic mass is 9.43. The lowest BCUT2D eigenvalue weighted by molar-refractivity contribution is 0.332. The number of nitrogens with zero attached hydrogens (tertiary/aromatic N) is 2. The third-order valence-corrected chi connectivity index (χ3v) is 18.5. The Morgan fingerprint density at radius 1 is 0.574 bits per heavy atom. The fourth-order valence-electron chi connectivity index (χ4n) is 13.8. The number of thiophene rings is 1. The fraction of sp³-hybridized carbons (Fsp3) is 0.238. The van der Waals surface area contributed by atoms with Crippen molar-refractivity contribution in [3.63, 3.8) is 0 Å². The lowest BCUT2D eigenvalue weighted by Gasteiger charge is -2.44. The van der Waals surface area contributed by atoms with E-state index in [1.54, 1.807) is 0 Å². The third-order valence-electron chi connectivity index (χ3n) is 17.3. The van der Waals surface area contributed by atoms with E-state index in [9.17, 15) is 0 Å². The molecule has 5 heterocycles. The molecule has 0 radical (unpaired) electrons. The van der Waals surface area contributed by atoms with E-state index in [-0.39, 0.29) is 28.5 Å². The summed E-state index contributed by atoms with van der Waals surface area (Å²) in [4.78, 5) is 2.72. The van der Waals surface area contributed by atoms with Gasteiger partial charge >= 0.3 is 6.85 Å².